The van der Waals surface area contributed by atoms with Crippen LogP contribution in [0.1, 0.15) is 30.0 Å². The van der Waals surface area contributed by atoms with Crippen molar-refractivity contribution in [3.05, 3.63) is 88.4 Å². The number of sulfonamides is 1. The van der Waals surface area contributed by atoms with Crippen molar-refractivity contribution in [2.24, 2.45) is 0 Å². The molecule has 208 valence electrons. The van der Waals surface area contributed by atoms with E-state index in [1.54, 1.807) is 69.5 Å². The lowest BCUT2D eigenvalue weighted by Crippen LogP contribution is -2.51. The molecule has 0 saturated heterocycles. The number of nitrogens with zero attached hydrogens (tertiary/aromatic N) is 2. The Labute approximate surface area is 235 Å². The lowest BCUT2D eigenvalue weighted by molar-refractivity contribution is -0.140. The Morgan fingerprint density at radius 2 is 1.72 bits per heavy atom. The number of carbonyl (C=O) groups excluding carboxylic acids is 2. The summed E-state index contributed by atoms with van der Waals surface area (Å²) in [6.07, 6.45) is 0.333. The SMILES string of the molecule is CC[C@@H](C(=O)NC)N(Cc1cccc(OC)c1)C(=O)CN(c1ccc(Cl)cc1C)S(=O)(=O)c1ccc(C)cc1. The number of aryl methyl sites for hydroxylation is 2. The third-order valence-corrected chi connectivity index (χ3v) is 8.44. The van der Waals surface area contributed by atoms with Gasteiger partial charge in [-0.2, -0.15) is 0 Å². The molecular formula is C29H34ClN3O5S. The van der Waals surface area contributed by atoms with Crippen LogP contribution in [0.3, 0.4) is 0 Å². The zero-order valence-electron chi connectivity index (χ0n) is 22.8. The summed E-state index contributed by atoms with van der Waals surface area (Å²) in [6.45, 7) is 4.96. The zero-order valence-corrected chi connectivity index (χ0v) is 24.3. The molecule has 0 bridgehead atoms. The summed E-state index contributed by atoms with van der Waals surface area (Å²) in [7, 11) is -1.10. The highest BCUT2D eigenvalue weighted by Crippen LogP contribution is 2.30. The van der Waals surface area contributed by atoms with E-state index in [1.165, 1.54) is 24.1 Å². The van der Waals surface area contributed by atoms with E-state index >= 15 is 0 Å². The van der Waals surface area contributed by atoms with Gasteiger partial charge in [-0.15, -0.1) is 0 Å². The molecule has 3 rings (SSSR count). The average molecular weight is 572 g/mol. The van der Waals surface area contributed by atoms with E-state index < -0.39 is 28.5 Å². The Bertz CT molecular complexity index is 1430. The summed E-state index contributed by atoms with van der Waals surface area (Å²) in [6, 6.07) is 17.6. The topological polar surface area (TPSA) is 96.0 Å². The van der Waals surface area contributed by atoms with Crippen LogP contribution in [0.4, 0.5) is 5.69 Å². The van der Waals surface area contributed by atoms with E-state index in [2.05, 4.69) is 5.32 Å². The number of anilines is 1. The lowest BCUT2D eigenvalue weighted by Gasteiger charge is -2.33. The van der Waals surface area contributed by atoms with Crippen molar-refractivity contribution in [1.29, 1.82) is 0 Å². The first-order valence-corrected chi connectivity index (χ1v) is 14.3. The minimum absolute atomic E-state index is 0.0490. The van der Waals surface area contributed by atoms with Gasteiger partial charge in [0.05, 0.1) is 17.7 Å². The van der Waals surface area contributed by atoms with Crippen molar-refractivity contribution in [2.75, 3.05) is 25.0 Å². The van der Waals surface area contributed by atoms with Crippen molar-refractivity contribution < 1.29 is 22.7 Å². The van der Waals surface area contributed by atoms with Crippen LogP contribution in [0.25, 0.3) is 0 Å². The third kappa shape index (κ3) is 7.10. The second-order valence-corrected chi connectivity index (χ2v) is 11.5. The molecule has 39 heavy (non-hydrogen) atoms. The standard InChI is InChI=1S/C29H34ClN3O5S/c1-6-26(29(35)31-4)32(18-22-8-7-9-24(17-22)38-5)28(34)19-33(27-15-12-23(30)16-21(27)3)39(36,37)25-13-10-20(2)11-14-25/h7-17,26H,6,18-19H2,1-5H3,(H,31,35)/t26-/m0/s1. The highest BCUT2D eigenvalue weighted by Gasteiger charge is 2.34. The van der Waals surface area contributed by atoms with E-state index in [-0.39, 0.29) is 17.3 Å². The molecule has 3 aromatic rings. The summed E-state index contributed by atoms with van der Waals surface area (Å²) >= 11 is 6.15. The van der Waals surface area contributed by atoms with Crippen molar-refractivity contribution in [1.82, 2.24) is 10.2 Å². The number of hydrogen-bond donors (Lipinski definition) is 1. The fourth-order valence-corrected chi connectivity index (χ4v) is 6.01. The summed E-state index contributed by atoms with van der Waals surface area (Å²) in [5.74, 6) is -0.268. The summed E-state index contributed by atoms with van der Waals surface area (Å²) in [4.78, 5) is 28.3. The van der Waals surface area contributed by atoms with Gasteiger partial charge in [-0.1, -0.05) is 48.4 Å². The molecule has 0 aromatic heterocycles. The number of likely N-dealkylation sites (N-methyl/N-ethyl adjacent to an activating group) is 1. The molecule has 0 aliphatic heterocycles. The van der Waals surface area contributed by atoms with Crippen molar-refractivity contribution >= 4 is 39.1 Å². The zero-order chi connectivity index (χ0) is 28.7. The maximum atomic E-state index is 14.0. The fraction of sp³-hybridized carbons (Fsp3) is 0.310. The molecule has 2 amide bonds. The molecule has 0 heterocycles. The maximum Gasteiger partial charge on any atom is 0.264 e. The summed E-state index contributed by atoms with van der Waals surface area (Å²) in [5.41, 5.74) is 2.55. The van der Waals surface area contributed by atoms with Gasteiger partial charge < -0.3 is 15.0 Å². The number of halogens is 1. The number of hydrogen-bond acceptors (Lipinski definition) is 5. The second-order valence-electron chi connectivity index (χ2n) is 9.17. The van der Waals surface area contributed by atoms with Crippen molar-refractivity contribution in [2.45, 2.75) is 44.7 Å². The second kappa shape index (κ2) is 13.0. The van der Waals surface area contributed by atoms with Crippen molar-refractivity contribution in [3.63, 3.8) is 0 Å². The van der Waals surface area contributed by atoms with Crippen LogP contribution >= 0.6 is 11.6 Å². The molecule has 0 aliphatic rings. The van der Waals surface area contributed by atoms with E-state index in [0.717, 1.165) is 15.4 Å². The van der Waals surface area contributed by atoms with Gasteiger partial charge in [-0.05, 0) is 73.9 Å². The Hall–Kier alpha value is -3.56. The monoisotopic (exact) mass is 571 g/mol. The van der Waals surface area contributed by atoms with Crippen LogP contribution in [-0.2, 0) is 26.2 Å². The predicted molar refractivity (Wildman–Crippen MR) is 154 cm³/mol. The number of ether oxygens (including phenoxy) is 1. The molecule has 3 aromatic carbocycles. The van der Waals surface area contributed by atoms with E-state index in [9.17, 15) is 18.0 Å². The third-order valence-electron chi connectivity index (χ3n) is 6.43. The quantitative estimate of drug-likeness (QED) is 0.359. The molecule has 0 saturated carbocycles. The van der Waals surface area contributed by atoms with E-state index in [4.69, 9.17) is 16.3 Å². The smallest absolute Gasteiger partial charge is 0.264 e. The Morgan fingerprint density at radius 3 is 2.31 bits per heavy atom. The lowest BCUT2D eigenvalue weighted by atomic mass is 10.1. The normalized spacial score (nSPS) is 11.9. The van der Waals surface area contributed by atoms with Gasteiger partial charge >= 0.3 is 0 Å². The van der Waals surface area contributed by atoms with Crippen LogP contribution in [0, 0.1) is 13.8 Å². The molecule has 0 spiro atoms. The predicted octanol–water partition coefficient (Wildman–Crippen LogP) is 4.71. The first-order chi connectivity index (χ1) is 18.5. The molecule has 0 fully saturated rings. The van der Waals surface area contributed by atoms with Gasteiger partial charge in [0.25, 0.3) is 10.0 Å². The number of carbonyl (C=O) groups is 2. The van der Waals surface area contributed by atoms with Gasteiger partial charge in [0, 0.05) is 18.6 Å². The van der Waals surface area contributed by atoms with E-state index in [0.29, 0.717) is 28.4 Å². The van der Waals surface area contributed by atoms with Gasteiger partial charge in [0.15, 0.2) is 0 Å². The molecule has 1 atom stereocenters. The molecule has 0 radical (unpaired) electrons. The van der Waals surface area contributed by atoms with Gasteiger partial charge in [0.1, 0.15) is 18.3 Å². The van der Waals surface area contributed by atoms with Crippen molar-refractivity contribution in [3.8, 4) is 5.75 Å². The van der Waals surface area contributed by atoms with Crippen LogP contribution in [-0.4, -0.2) is 51.9 Å². The first-order valence-electron chi connectivity index (χ1n) is 12.5. The van der Waals surface area contributed by atoms with E-state index in [1.807, 2.05) is 13.0 Å². The Kier molecular flexibility index (Phi) is 9.99. The minimum atomic E-state index is -4.15. The van der Waals surface area contributed by atoms with Gasteiger partial charge in [-0.25, -0.2) is 8.42 Å². The molecule has 1 N–H and O–H groups in total. The van der Waals surface area contributed by atoms with Crippen LogP contribution < -0.4 is 14.4 Å². The highest BCUT2D eigenvalue weighted by molar-refractivity contribution is 7.92. The van der Waals surface area contributed by atoms with Crippen LogP contribution in [0.5, 0.6) is 5.75 Å². The first kappa shape index (κ1) is 30.0. The number of nitrogens with one attached hydrogen (secondary N) is 1. The molecule has 0 unspecified atom stereocenters. The molecule has 0 aliphatic carbocycles. The Morgan fingerprint density at radius 1 is 1.03 bits per heavy atom. The number of amides is 2. The number of rotatable bonds is 11. The Balaban J connectivity index is 2.10. The minimum Gasteiger partial charge on any atom is -0.497 e. The summed E-state index contributed by atoms with van der Waals surface area (Å²) < 4.78 is 34.3. The molecule has 8 nitrogen and oxygen atoms in total. The van der Waals surface area contributed by atoms with Gasteiger partial charge in [-0.3, -0.25) is 13.9 Å². The van der Waals surface area contributed by atoms with Crippen LogP contribution in [0.15, 0.2) is 71.6 Å². The highest BCUT2D eigenvalue weighted by atomic mass is 35.5. The average Bonchev–Trinajstić information content (AvgIpc) is 2.92. The molecular weight excluding hydrogens is 538 g/mol. The fourth-order valence-electron chi connectivity index (χ4n) is 4.30. The maximum absolute atomic E-state index is 14.0. The van der Waals surface area contributed by atoms with Crippen LogP contribution in [0.2, 0.25) is 5.02 Å². The van der Waals surface area contributed by atoms with Gasteiger partial charge in [0.2, 0.25) is 11.8 Å². The number of methoxy groups -OCH3 is 1. The molecule has 10 heteroatoms. The largest absolute Gasteiger partial charge is 0.497 e. The summed E-state index contributed by atoms with van der Waals surface area (Å²) in [5, 5.41) is 3.06. The number of benzene rings is 3.